The second-order valence-corrected chi connectivity index (χ2v) is 4.07. The van der Waals surface area contributed by atoms with Gasteiger partial charge in [-0.25, -0.2) is 4.98 Å². The third kappa shape index (κ3) is 2.75. The summed E-state index contributed by atoms with van der Waals surface area (Å²) in [4.78, 5) is 19.5. The average molecular weight is 264 g/mol. The van der Waals surface area contributed by atoms with Crippen molar-refractivity contribution in [2.75, 3.05) is 5.32 Å². The maximum atomic E-state index is 11.9. The highest BCUT2D eigenvalue weighted by Gasteiger charge is 2.10. The van der Waals surface area contributed by atoms with Crippen molar-refractivity contribution in [3.8, 4) is 5.75 Å². The normalized spacial score (nSPS) is 10.1. The number of hydrogen-bond donors (Lipinski definition) is 2. The fourth-order valence-electron chi connectivity index (χ4n) is 1.43. The van der Waals surface area contributed by atoms with Crippen LogP contribution in [0.25, 0.3) is 0 Å². The number of carbonyl (C=O) groups excluding carboxylic acids is 1. The fourth-order valence-corrected chi connectivity index (χ4v) is 1.57. The Balaban J connectivity index is 2.21. The predicted octanol–water partition coefficient (Wildman–Crippen LogP) is 2.40. The van der Waals surface area contributed by atoms with Crippen LogP contribution >= 0.6 is 11.6 Å². The van der Waals surface area contributed by atoms with E-state index in [2.05, 4.69) is 15.3 Å². The molecule has 18 heavy (non-hydrogen) atoms. The summed E-state index contributed by atoms with van der Waals surface area (Å²) in [7, 11) is 0. The van der Waals surface area contributed by atoms with Gasteiger partial charge in [0.05, 0.1) is 12.4 Å². The molecule has 0 atom stereocenters. The Labute approximate surface area is 108 Å². The number of rotatable bonds is 2. The molecule has 0 aliphatic heterocycles. The molecule has 0 saturated heterocycles. The predicted molar refractivity (Wildman–Crippen MR) is 67.8 cm³/mol. The van der Waals surface area contributed by atoms with Crippen molar-refractivity contribution in [3.63, 3.8) is 0 Å². The Morgan fingerprint density at radius 1 is 1.39 bits per heavy atom. The molecule has 1 amide bonds. The molecule has 0 fully saturated rings. The van der Waals surface area contributed by atoms with Crippen LogP contribution in [0.5, 0.6) is 5.75 Å². The third-order valence-corrected chi connectivity index (χ3v) is 2.48. The second-order valence-electron chi connectivity index (χ2n) is 3.68. The van der Waals surface area contributed by atoms with E-state index in [9.17, 15) is 9.90 Å². The molecule has 2 N–H and O–H groups in total. The first-order valence-electron chi connectivity index (χ1n) is 5.15. The zero-order chi connectivity index (χ0) is 13.1. The van der Waals surface area contributed by atoms with E-state index >= 15 is 0 Å². The van der Waals surface area contributed by atoms with Crippen molar-refractivity contribution in [3.05, 3.63) is 47.0 Å². The van der Waals surface area contributed by atoms with Crippen LogP contribution in [-0.2, 0) is 0 Å². The maximum Gasteiger partial charge on any atom is 0.275 e. The smallest absolute Gasteiger partial charge is 0.275 e. The molecule has 0 unspecified atom stereocenters. The summed E-state index contributed by atoms with van der Waals surface area (Å²) in [5.41, 5.74) is 1.48. The zero-order valence-electron chi connectivity index (χ0n) is 9.51. The average Bonchev–Trinajstić information content (AvgIpc) is 2.32. The molecule has 0 aliphatic carbocycles. The molecular formula is C12H10ClN3O2. The summed E-state index contributed by atoms with van der Waals surface area (Å²) in [6, 6.07) is 4.66. The molecule has 0 bridgehead atoms. The lowest BCUT2D eigenvalue weighted by molar-refractivity contribution is 0.102. The van der Waals surface area contributed by atoms with Crippen molar-refractivity contribution in [2.45, 2.75) is 6.92 Å². The Bertz CT molecular complexity index is 602. The summed E-state index contributed by atoms with van der Waals surface area (Å²) in [6.45, 7) is 1.78. The number of aromatic nitrogens is 2. The van der Waals surface area contributed by atoms with E-state index in [-0.39, 0.29) is 16.6 Å². The lowest BCUT2D eigenvalue weighted by Gasteiger charge is -2.08. The topological polar surface area (TPSA) is 75.1 Å². The number of anilines is 1. The van der Waals surface area contributed by atoms with Crippen molar-refractivity contribution in [1.82, 2.24) is 9.97 Å². The summed E-state index contributed by atoms with van der Waals surface area (Å²) in [5, 5.41) is 12.1. The van der Waals surface area contributed by atoms with Crippen LogP contribution in [0.4, 0.5) is 5.69 Å². The van der Waals surface area contributed by atoms with Gasteiger partial charge in [0.25, 0.3) is 5.91 Å². The number of amides is 1. The van der Waals surface area contributed by atoms with Crippen LogP contribution < -0.4 is 5.32 Å². The van der Waals surface area contributed by atoms with Gasteiger partial charge in [0.15, 0.2) is 0 Å². The van der Waals surface area contributed by atoms with Gasteiger partial charge < -0.3 is 10.4 Å². The van der Waals surface area contributed by atoms with Crippen molar-refractivity contribution in [1.29, 1.82) is 0 Å². The first kappa shape index (κ1) is 12.3. The number of aryl methyl sites for hydroxylation is 1. The highest BCUT2D eigenvalue weighted by Crippen LogP contribution is 2.20. The van der Waals surface area contributed by atoms with E-state index in [1.54, 1.807) is 19.1 Å². The van der Waals surface area contributed by atoms with Gasteiger partial charge in [-0.1, -0.05) is 11.6 Å². The Morgan fingerprint density at radius 2 is 2.17 bits per heavy atom. The van der Waals surface area contributed by atoms with Gasteiger partial charge in [-0.2, -0.15) is 0 Å². The molecule has 6 heteroatoms. The minimum atomic E-state index is -0.404. The first-order chi connectivity index (χ1) is 8.56. The highest BCUT2D eigenvalue weighted by molar-refractivity contribution is 6.29. The van der Waals surface area contributed by atoms with Gasteiger partial charge in [-0.3, -0.25) is 9.78 Å². The van der Waals surface area contributed by atoms with Crippen LogP contribution in [0.15, 0.2) is 30.6 Å². The van der Waals surface area contributed by atoms with Crippen LogP contribution in [-0.4, -0.2) is 21.0 Å². The molecule has 1 aromatic heterocycles. The number of phenolic OH excluding ortho intramolecular Hbond substituents is 1. The van der Waals surface area contributed by atoms with Crippen molar-refractivity contribution in [2.24, 2.45) is 0 Å². The first-order valence-corrected chi connectivity index (χ1v) is 5.52. The van der Waals surface area contributed by atoms with Crippen molar-refractivity contribution >= 4 is 23.2 Å². The van der Waals surface area contributed by atoms with E-state index in [0.717, 1.165) is 5.56 Å². The van der Waals surface area contributed by atoms with E-state index in [1.165, 1.54) is 18.5 Å². The van der Waals surface area contributed by atoms with Crippen LogP contribution in [0.2, 0.25) is 5.15 Å². The standard InChI is InChI=1S/C12H10ClN3O2/c1-7-4-8(17)2-3-9(7)16-12(18)10-5-14-6-11(13)15-10/h2-6,17H,1H3,(H,16,18). The highest BCUT2D eigenvalue weighted by atomic mass is 35.5. The Morgan fingerprint density at radius 3 is 2.83 bits per heavy atom. The molecule has 0 aliphatic rings. The maximum absolute atomic E-state index is 11.9. The Hall–Kier alpha value is -2.14. The molecule has 5 nitrogen and oxygen atoms in total. The van der Waals surface area contributed by atoms with Crippen LogP contribution in [0, 0.1) is 6.92 Å². The van der Waals surface area contributed by atoms with Crippen LogP contribution in [0.3, 0.4) is 0 Å². The summed E-state index contributed by atoms with van der Waals surface area (Å²) in [5.74, 6) is -0.258. The lowest BCUT2D eigenvalue weighted by atomic mass is 10.2. The molecule has 2 rings (SSSR count). The quantitative estimate of drug-likeness (QED) is 0.816. The third-order valence-electron chi connectivity index (χ3n) is 2.30. The van der Waals surface area contributed by atoms with E-state index in [1.807, 2.05) is 0 Å². The summed E-state index contributed by atoms with van der Waals surface area (Å²) < 4.78 is 0. The molecule has 1 heterocycles. The van der Waals surface area contributed by atoms with Gasteiger partial charge in [0, 0.05) is 5.69 Å². The summed E-state index contributed by atoms with van der Waals surface area (Å²) in [6.07, 6.45) is 2.68. The number of hydrogen-bond acceptors (Lipinski definition) is 4. The molecule has 2 aromatic rings. The summed E-state index contributed by atoms with van der Waals surface area (Å²) >= 11 is 5.66. The SMILES string of the molecule is Cc1cc(O)ccc1NC(=O)c1cncc(Cl)n1. The van der Waals surface area contributed by atoms with Gasteiger partial charge >= 0.3 is 0 Å². The molecule has 1 aromatic carbocycles. The van der Waals surface area contributed by atoms with Crippen LogP contribution in [0.1, 0.15) is 16.1 Å². The number of carbonyl (C=O) groups is 1. The molecule has 0 spiro atoms. The van der Waals surface area contributed by atoms with E-state index < -0.39 is 5.91 Å². The number of benzene rings is 1. The zero-order valence-corrected chi connectivity index (χ0v) is 10.3. The van der Waals surface area contributed by atoms with E-state index in [0.29, 0.717) is 5.69 Å². The van der Waals surface area contributed by atoms with Gasteiger partial charge in [-0.05, 0) is 30.7 Å². The number of nitrogens with one attached hydrogen (secondary N) is 1. The molecule has 92 valence electrons. The second kappa shape index (κ2) is 5.01. The molecule has 0 saturated carbocycles. The van der Waals surface area contributed by atoms with E-state index in [4.69, 9.17) is 11.6 Å². The number of aromatic hydroxyl groups is 1. The van der Waals surface area contributed by atoms with Gasteiger partial charge in [0.1, 0.15) is 16.6 Å². The van der Waals surface area contributed by atoms with Gasteiger partial charge in [-0.15, -0.1) is 0 Å². The van der Waals surface area contributed by atoms with Crippen molar-refractivity contribution < 1.29 is 9.90 Å². The van der Waals surface area contributed by atoms with Gasteiger partial charge in [0.2, 0.25) is 0 Å². The lowest BCUT2D eigenvalue weighted by Crippen LogP contribution is -2.14. The fraction of sp³-hybridized carbons (Fsp3) is 0.0833. The monoisotopic (exact) mass is 263 g/mol. The number of nitrogens with zero attached hydrogens (tertiary/aromatic N) is 2. The minimum absolute atomic E-state index is 0.134. The molecular weight excluding hydrogens is 254 g/mol. The Kier molecular flexibility index (Phi) is 3.43. The number of phenols is 1. The molecule has 0 radical (unpaired) electrons. The minimum Gasteiger partial charge on any atom is -0.508 e. The largest absolute Gasteiger partial charge is 0.508 e. The number of halogens is 1.